The van der Waals surface area contributed by atoms with E-state index in [1.807, 2.05) is 19.9 Å². The number of nitrogens with zero attached hydrogens (tertiary/aromatic N) is 2. The highest BCUT2D eigenvalue weighted by Gasteiger charge is 2.51. The van der Waals surface area contributed by atoms with E-state index in [1.165, 1.54) is 0 Å². The largest absolute Gasteiger partial charge is 0.494 e. The molecule has 2 fully saturated rings. The summed E-state index contributed by atoms with van der Waals surface area (Å²) in [7, 11) is -0.410. The number of aromatic amines is 1. The van der Waals surface area contributed by atoms with Gasteiger partial charge in [-0.3, -0.25) is 4.79 Å². The highest BCUT2D eigenvalue weighted by atomic mass is 16.7. The van der Waals surface area contributed by atoms with Crippen molar-refractivity contribution < 1.29 is 24.0 Å². The molecule has 2 aromatic carbocycles. The number of amides is 2. The number of hydrogen-bond acceptors (Lipinski definition) is 5. The average molecular weight is 532 g/mol. The fourth-order valence-electron chi connectivity index (χ4n) is 5.35. The highest BCUT2D eigenvalue weighted by Crippen LogP contribution is 2.37. The monoisotopic (exact) mass is 532 g/mol. The molecule has 2 unspecified atom stereocenters. The summed E-state index contributed by atoms with van der Waals surface area (Å²) in [6.07, 6.45) is 2.21. The lowest BCUT2D eigenvalue weighted by atomic mass is 9.78. The van der Waals surface area contributed by atoms with Gasteiger partial charge in [0.15, 0.2) is 0 Å². The van der Waals surface area contributed by atoms with E-state index in [9.17, 15) is 14.7 Å². The lowest BCUT2D eigenvalue weighted by Gasteiger charge is -2.32. The van der Waals surface area contributed by atoms with Crippen LogP contribution in [0.5, 0.6) is 0 Å². The second-order valence-electron chi connectivity index (χ2n) is 12.0. The Morgan fingerprint density at radius 2 is 1.77 bits per heavy atom. The first kappa shape index (κ1) is 27.2. The smallest absolute Gasteiger partial charge is 0.465 e. The quantitative estimate of drug-likeness (QED) is 0.403. The van der Waals surface area contributed by atoms with E-state index in [2.05, 4.69) is 73.3 Å². The van der Waals surface area contributed by atoms with Crippen LogP contribution in [-0.4, -0.2) is 62.9 Å². The van der Waals surface area contributed by atoms with E-state index in [0.717, 1.165) is 40.3 Å². The van der Waals surface area contributed by atoms with E-state index >= 15 is 0 Å². The second kappa shape index (κ2) is 9.99. The summed E-state index contributed by atoms with van der Waals surface area (Å²) < 4.78 is 12.4. The number of carbonyl (C=O) groups is 2. The number of hydrogen-bond donors (Lipinski definition) is 3. The predicted molar refractivity (Wildman–Crippen MR) is 151 cm³/mol. The molecule has 2 saturated heterocycles. The van der Waals surface area contributed by atoms with Gasteiger partial charge < -0.3 is 29.6 Å². The summed E-state index contributed by atoms with van der Waals surface area (Å²) in [5.41, 5.74) is 2.06. The Morgan fingerprint density at radius 3 is 2.44 bits per heavy atom. The Labute approximate surface area is 229 Å². The van der Waals surface area contributed by atoms with E-state index in [4.69, 9.17) is 9.31 Å². The summed E-state index contributed by atoms with van der Waals surface area (Å²) in [5.74, 6) is 0.339. The number of benzene rings is 2. The number of carboxylic acid groups (broad SMARTS) is 1. The minimum absolute atomic E-state index is 0.162. The summed E-state index contributed by atoms with van der Waals surface area (Å²) in [6, 6.07) is 11.5. The van der Waals surface area contributed by atoms with E-state index in [0.29, 0.717) is 12.4 Å². The molecule has 3 aromatic rings. The van der Waals surface area contributed by atoms with Crippen LogP contribution in [0.25, 0.3) is 22.0 Å². The van der Waals surface area contributed by atoms with Crippen molar-refractivity contribution in [2.45, 2.75) is 77.7 Å². The molecule has 206 valence electrons. The van der Waals surface area contributed by atoms with Gasteiger partial charge in [-0.25, -0.2) is 9.78 Å². The number of likely N-dealkylation sites (tertiary alicyclic amines) is 1. The van der Waals surface area contributed by atoms with Gasteiger partial charge in [-0.2, -0.15) is 0 Å². The van der Waals surface area contributed by atoms with Crippen molar-refractivity contribution in [1.29, 1.82) is 0 Å². The van der Waals surface area contributed by atoms with Crippen LogP contribution in [0.1, 0.15) is 66.3 Å². The van der Waals surface area contributed by atoms with Gasteiger partial charge in [0.2, 0.25) is 5.91 Å². The third-order valence-electron chi connectivity index (χ3n) is 8.36. The van der Waals surface area contributed by atoms with Crippen LogP contribution in [0.2, 0.25) is 0 Å². The first-order valence-corrected chi connectivity index (χ1v) is 13.6. The van der Waals surface area contributed by atoms with E-state index < -0.39 is 30.5 Å². The van der Waals surface area contributed by atoms with Crippen LogP contribution < -0.4 is 10.8 Å². The van der Waals surface area contributed by atoms with E-state index in [-0.39, 0.29) is 17.9 Å². The number of fused-ring (bicyclic) bond motifs is 1. The molecule has 0 radical (unpaired) electrons. The molecule has 39 heavy (non-hydrogen) atoms. The van der Waals surface area contributed by atoms with Crippen LogP contribution >= 0.6 is 0 Å². The molecule has 0 bridgehead atoms. The standard InChI is InChI=1S/C29H37BN4O5/c1-17(2)24(33-27(36)37)26(35)34-13-7-8-23(34)25-31-16-22(32-25)20-10-9-19-15-21(12-11-18(19)14-20)30-38-28(3,4)29(5,6)39-30/h9-12,14-17,23-24,33H,7-8,13H2,1-6H3,(H,31,32)(H,36,37). The maximum absolute atomic E-state index is 13.3. The topological polar surface area (TPSA) is 117 Å². The molecule has 10 heteroatoms. The molecule has 0 aliphatic carbocycles. The van der Waals surface area contributed by atoms with Gasteiger partial charge in [0.05, 0.1) is 29.1 Å². The van der Waals surface area contributed by atoms with Gasteiger partial charge >= 0.3 is 13.2 Å². The van der Waals surface area contributed by atoms with Crippen LogP contribution in [0, 0.1) is 5.92 Å². The normalized spacial score (nSPS) is 21.1. The molecule has 2 aliphatic rings. The molecule has 2 atom stereocenters. The molecule has 2 aliphatic heterocycles. The number of carbonyl (C=O) groups excluding carboxylic acids is 1. The molecule has 9 nitrogen and oxygen atoms in total. The summed E-state index contributed by atoms with van der Waals surface area (Å²) in [5, 5.41) is 13.8. The minimum Gasteiger partial charge on any atom is -0.465 e. The van der Waals surface area contributed by atoms with Crippen molar-refractivity contribution in [2.24, 2.45) is 5.92 Å². The Morgan fingerprint density at radius 1 is 1.10 bits per heavy atom. The molecule has 5 rings (SSSR count). The summed E-state index contributed by atoms with van der Waals surface area (Å²) in [4.78, 5) is 34.3. The zero-order chi connectivity index (χ0) is 28.1. The third-order valence-corrected chi connectivity index (χ3v) is 8.36. The third kappa shape index (κ3) is 5.15. The molecule has 2 amide bonds. The fraction of sp³-hybridized carbons (Fsp3) is 0.483. The predicted octanol–water partition coefficient (Wildman–Crippen LogP) is 4.48. The lowest BCUT2D eigenvalue weighted by Crippen LogP contribution is -2.50. The first-order valence-electron chi connectivity index (χ1n) is 13.6. The van der Waals surface area contributed by atoms with Gasteiger partial charge in [-0.15, -0.1) is 0 Å². The molecule has 1 aromatic heterocycles. The average Bonchev–Trinajstić information content (AvgIpc) is 3.59. The zero-order valence-corrected chi connectivity index (χ0v) is 23.4. The second-order valence-corrected chi connectivity index (χ2v) is 12.0. The van der Waals surface area contributed by atoms with Gasteiger partial charge in [-0.05, 0) is 68.8 Å². The minimum atomic E-state index is -1.20. The van der Waals surface area contributed by atoms with Gasteiger partial charge in [-0.1, -0.05) is 44.2 Å². The number of aromatic nitrogens is 2. The Kier molecular flexibility index (Phi) is 6.97. The number of rotatable bonds is 6. The van der Waals surface area contributed by atoms with Crippen molar-refractivity contribution in [1.82, 2.24) is 20.2 Å². The van der Waals surface area contributed by atoms with Gasteiger partial charge in [0.1, 0.15) is 11.9 Å². The lowest BCUT2D eigenvalue weighted by molar-refractivity contribution is -0.135. The van der Waals surface area contributed by atoms with Gasteiger partial charge in [0, 0.05) is 12.1 Å². The Bertz CT molecular complexity index is 1390. The first-order chi connectivity index (χ1) is 18.4. The summed E-state index contributed by atoms with van der Waals surface area (Å²) in [6.45, 7) is 12.5. The van der Waals surface area contributed by atoms with Crippen molar-refractivity contribution in [2.75, 3.05) is 6.54 Å². The number of imidazole rings is 1. The van der Waals surface area contributed by atoms with Crippen LogP contribution in [0.4, 0.5) is 4.79 Å². The Hall–Kier alpha value is -3.37. The highest BCUT2D eigenvalue weighted by molar-refractivity contribution is 6.62. The number of H-pyrrole nitrogens is 1. The van der Waals surface area contributed by atoms with Crippen LogP contribution in [0.3, 0.4) is 0 Å². The van der Waals surface area contributed by atoms with Crippen molar-refractivity contribution in [3.05, 3.63) is 48.4 Å². The molecular weight excluding hydrogens is 495 g/mol. The molecule has 3 heterocycles. The molecule has 0 spiro atoms. The van der Waals surface area contributed by atoms with Crippen molar-refractivity contribution >= 4 is 35.4 Å². The zero-order valence-electron chi connectivity index (χ0n) is 23.4. The molecule has 3 N–H and O–H groups in total. The van der Waals surface area contributed by atoms with Crippen molar-refractivity contribution in [3.63, 3.8) is 0 Å². The van der Waals surface area contributed by atoms with E-state index in [1.54, 1.807) is 11.1 Å². The van der Waals surface area contributed by atoms with Crippen LogP contribution in [0.15, 0.2) is 42.6 Å². The van der Waals surface area contributed by atoms with Crippen LogP contribution in [-0.2, 0) is 14.1 Å². The molecular formula is C29H37BN4O5. The maximum Gasteiger partial charge on any atom is 0.494 e. The van der Waals surface area contributed by atoms with Crippen molar-refractivity contribution in [3.8, 4) is 11.3 Å². The molecule has 0 saturated carbocycles. The summed E-state index contributed by atoms with van der Waals surface area (Å²) >= 11 is 0. The fourth-order valence-corrected chi connectivity index (χ4v) is 5.35. The van der Waals surface area contributed by atoms with Gasteiger partial charge in [0.25, 0.3) is 0 Å². The maximum atomic E-state index is 13.3. The SMILES string of the molecule is CC(C)C(NC(=O)O)C(=O)N1CCCC1c1ncc(-c2ccc3cc(B4OC(C)(C)C(C)(C)O4)ccc3c2)[nH]1. The Balaban J connectivity index is 1.35. The number of nitrogens with one attached hydrogen (secondary N) is 2.